The summed E-state index contributed by atoms with van der Waals surface area (Å²) in [6.07, 6.45) is 1.93. The van der Waals surface area contributed by atoms with Gasteiger partial charge in [0.05, 0.1) is 17.8 Å². The van der Waals surface area contributed by atoms with Crippen LogP contribution in [0.15, 0.2) is 24.3 Å². The van der Waals surface area contributed by atoms with Gasteiger partial charge in [0.1, 0.15) is 0 Å². The predicted molar refractivity (Wildman–Crippen MR) is 98.6 cm³/mol. The molecule has 0 spiro atoms. The molecule has 0 radical (unpaired) electrons. The smallest absolute Gasteiger partial charge is 0.260 e. The molecular weight excluding hydrogens is 336 g/mol. The fourth-order valence-electron chi connectivity index (χ4n) is 3.02. The molecule has 1 amide bonds. The van der Waals surface area contributed by atoms with Crippen LogP contribution in [0.4, 0.5) is 0 Å². The fraction of sp³-hybridized carbons (Fsp3) is 0.474. The standard InChI is InChI=1S/C19H24N2O3S/c1-13-14(2)25-19(20-13)15-8-10-21(11-9-15)18(22)12-24-17-7-5-4-6-16(17)23-3/h4-7,15H,8-12H2,1-3H3. The number of ether oxygens (including phenoxy) is 2. The monoisotopic (exact) mass is 360 g/mol. The molecule has 1 aromatic carbocycles. The fourth-order valence-corrected chi connectivity index (χ4v) is 4.11. The largest absolute Gasteiger partial charge is 0.493 e. The summed E-state index contributed by atoms with van der Waals surface area (Å²) >= 11 is 1.79. The lowest BCUT2D eigenvalue weighted by Gasteiger charge is -2.31. The van der Waals surface area contributed by atoms with E-state index < -0.39 is 0 Å². The van der Waals surface area contributed by atoms with Crippen LogP contribution >= 0.6 is 11.3 Å². The number of aryl methyl sites for hydroxylation is 2. The Kier molecular flexibility index (Phi) is 5.58. The van der Waals surface area contributed by atoms with E-state index in [1.165, 1.54) is 9.88 Å². The van der Waals surface area contributed by atoms with Crippen LogP contribution in [0.25, 0.3) is 0 Å². The van der Waals surface area contributed by atoms with Crippen molar-refractivity contribution in [2.75, 3.05) is 26.8 Å². The number of likely N-dealkylation sites (tertiary alicyclic amines) is 1. The molecule has 0 atom stereocenters. The van der Waals surface area contributed by atoms with Crippen molar-refractivity contribution < 1.29 is 14.3 Å². The van der Waals surface area contributed by atoms with Crippen LogP contribution in [0.2, 0.25) is 0 Å². The Hall–Kier alpha value is -2.08. The molecular formula is C19H24N2O3S. The number of hydrogen-bond donors (Lipinski definition) is 0. The number of carbonyl (C=O) groups excluding carboxylic acids is 1. The molecule has 1 aliphatic heterocycles. The minimum atomic E-state index is 0.0239. The number of hydrogen-bond acceptors (Lipinski definition) is 5. The second kappa shape index (κ2) is 7.87. The Labute approximate surface area is 152 Å². The molecule has 0 aliphatic carbocycles. The summed E-state index contributed by atoms with van der Waals surface area (Å²) in [6, 6.07) is 7.38. The van der Waals surface area contributed by atoms with Crippen LogP contribution < -0.4 is 9.47 Å². The lowest BCUT2D eigenvalue weighted by molar-refractivity contribution is -0.134. The zero-order valence-electron chi connectivity index (χ0n) is 14.9. The van der Waals surface area contributed by atoms with E-state index in [9.17, 15) is 4.79 Å². The maximum absolute atomic E-state index is 12.4. The molecule has 3 rings (SSSR count). The first-order valence-corrected chi connectivity index (χ1v) is 9.37. The van der Waals surface area contributed by atoms with Crippen molar-refractivity contribution in [2.24, 2.45) is 0 Å². The van der Waals surface area contributed by atoms with Gasteiger partial charge in [-0.2, -0.15) is 0 Å². The summed E-state index contributed by atoms with van der Waals surface area (Å²) in [6.45, 7) is 5.74. The van der Waals surface area contributed by atoms with E-state index in [2.05, 4.69) is 18.8 Å². The molecule has 0 N–H and O–H groups in total. The van der Waals surface area contributed by atoms with Crippen LogP contribution in [0.1, 0.15) is 34.3 Å². The number of para-hydroxylation sites is 2. The van der Waals surface area contributed by atoms with Crippen LogP contribution in [-0.2, 0) is 4.79 Å². The highest BCUT2D eigenvalue weighted by Crippen LogP contribution is 2.32. The molecule has 2 aromatic rings. The van der Waals surface area contributed by atoms with Gasteiger partial charge in [-0.3, -0.25) is 4.79 Å². The first kappa shape index (κ1) is 17.7. The predicted octanol–water partition coefficient (Wildman–Crippen LogP) is 3.55. The molecule has 1 aliphatic rings. The van der Waals surface area contributed by atoms with Crippen molar-refractivity contribution in [1.82, 2.24) is 9.88 Å². The highest BCUT2D eigenvalue weighted by Gasteiger charge is 2.26. The van der Waals surface area contributed by atoms with E-state index in [0.29, 0.717) is 17.4 Å². The van der Waals surface area contributed by atoms with E-state index in [1.807, 2.05) is 29.2 Å². The van der Waals surface area contributed by atoms with E-state index in [4.69, 9.17) is 9.47 Å². The maximum Gasteiger partial charge on any atom is 0.260 e. The van der Waals surface area contributed by atoms with E-state index in [1.54, 1.807) is 18.4 Å². The molecule has 6 heteroatoms. The molecule has 25 heavy (non-hydrogen) atoms. The number of benzene rings is 1. The normalized spacial score (nSPS) is 15.2. The SMILES string of the molecule is COc1ccccc1OCC(=O)N1CCC(c2nc(C)c(C)s2)CC1. The number of piperidine rings is 1. The summed E-state index contributed by atoms with van der Waals surface area (Å²) in [5, 5.41) is 1.22. The third-order valence-corrected chi connectivity index (χ3v) is 5.90. The lowest BCUT2D eigenvalue weighted by atomic mass is 9.97. The van der Waals surface area contributed by atoms with Crippen LogP contribution in [0.5, 0.6) is 11.5 Å². The molecule has 1 saturated heterocycles. The second-order valence-corrected chi connectivity index (χ2v) is 7.52. The van der Waals surface area contributed by atoms with Crippen molar-refractivity contribution in [3.05, 3.63) is 39.8 Å². The Morgan fingerprint density at radius 2 is 1.92 bits per heavy atom. The van der Waals surface area contributed by atoms with Gasteiger partial charge in [-0.25, -0.2) is 4.98 Å². The number of thiazole rings is 1. The third kappa shape index (κ3) is 4.12. The van der Waals surface area contributed by atoms with Gasteiger partial charge >= 0.3 is 0 Å². The number of carbonyl (C=O) groups is 1. The van der Waals surface area contributed by atoms with Crippen molar-refractivity contribution in [1.29, 1.82) is 0 Å². The third-order valence-electron chi connectivity index (χ3n) is 4.66. The topological polar surface area (TPSA) is 51.7 Å². The second-order valence-electron chi connectivity index (χ2n) is 6.29. The lowest BCUT2D eigenvalue weighted by Crippen LogP contribution is -2.40. The average Bonchev–Trinajstić information content (AvgIpc) is 2.99. The van der Waals surface area contributed by atoms with Crippen molar-refractivity contribution in [3.63, 3.8) is 0 Å². The Balaban J connectivity index is 1.51. The minimum Gasteiger partial charge on any atom is -0.493 e. The van der Waals surface area contributed by atoms with Gasteiger partial charge in [0.25, 0.3) is 5.91 Å². The Morgan fingerprint density at radius 3 is 2.52 bits per heavy atom. The minimum absolute atomic E-state index is 0.0239. The first-order chi connectivity index (χ1) is 12.1. The van der Waals surface area contributed by atoms with E-state index >= 15 is 0 Å². The Morgan fingerprint density at radius 1 is 1.24 bits per heavy atom. The summed E-state index contributed by atoms with van der Waals surface area (Å²) in [5.74, 6) is 1.73. The summed E-state index contributed by atoms with van der Waals surface area (Å²) in [7, 11) is 1.59. The maximum atomic E-state index is 12.4. The van der Waals surface area contributed by atoms with Gasteiger partial charge in [-0.15, -0.1) is 11.3 Å². The molecule has 0 unspecified atom stereocenters. The average molecular weight is 360 g/mol. The summed E-state index contributed by atoms with van der Waals surface area (Å²) in [4.78, 5) is 20.3. The number of aromatic nitrogens is 1. The van der Waals surface area contributed by atoms with Gasteiger partial charge in [0, 0.05) is 23.9 Å². The molecule has 134 valence electrons. The van der Waals surface area contributed by atoms with Gasteiger partial charge in [-0.05, 0) is 38.8 Å². The van der Waals surface area contributed by atoms with E-state index in [-0.39, 0.29) is 12.5 Å². The molecule has 2 heterocycles. The van der Waals surface area contributed by atoms with Gasteiger partial charge in [0.15, 0.2) is 18.1 Å². The van der Waals surface area contributed by atoms with Crippen molar-refractivity contribution in [2.45, 2.75) is 32.6 Å². The van der Waals surface area contributed by atoms with Crippen LogP contribution in [-0.4, -0.2) is 42.6 Å². The van der Waals surface area contributed by atoms with E-state index in [0.717, 1.165) is 31.6 Å². The van der Waals surface area contributed by atoms with Gasteiger partial charge < -0.3 is 14.4 Å². The number of rotatable bonds is 5. The zero-order chi connectivity index (χ0) is 17.8. The van der Waals surface area contributed by atoms with Crippen molar-refractivity contribution in [3.8, 4) is 11.5 Å². The summed E-state index contributed by atoms with van der Waals surface area (Å²) in [5.41, 5.74) is 1.13. The Bertz CT molecular complexity index is 717. The zero-order valence-corrected chi connectivity index (χ0v) is 15.8. The molecule has 0 bridgehead atoms. The summed E-state index contributed by atoms with van der Waals surface area (Å²) < 4.78 is 10.9. The van der Waals surface area contributed by atoms with Crippen LogP contribution in [0.3, 0.4) is 0 Å². The number of methoxy groups -OCH3 is 1. The quantitative estimate of drug-likeness (QED) is 0.818. The number of amides is 1. The molecule has 1 aromatic heterocycles. The molecule has 1 fully saturated rings. The van der Waals surface area contributed by atoms with Gasteiger partial charge in [0.2, 0.25) is 0 Å². The first-order valence-electron chi connectivity index (χ1n) is 8.56. The molecule has 5 nitrogen and oxygen atoms in total. The van der Waals surface area contributed by atoms with Gasteiger partial charge in [-0.1, -0.05) is 12.1 Å². The van der Waals surface area contributed by atoms with Crippen LogP contribution in [0, 0.1) is 13.8 Å². The molecule has 0 saturated carbocycles. The number of nitrogens with zero attached hydrogens (tertiary/aromatic N) is 2. The highest BCUT2D eigenvalue weighted by molar-refractivity contribution is 7.11. The highest BCUT2D eigenvalue weighted by atomic mass is 32.1. The van der Waals surface area contributed by atoms with Crippen molar-refractivity contribution >= 4 is 17.2 Å².